The van der Waals surface area contributed by atoms with Crippen molar-refractivity contribution in [2.45, 2.75) is 6.61 Å². The summed E-state index contributed by atoms with van der Waals surface area (Å²) in [5, 5.41) is 13.4. The Morgan fingerprint density at radius 2 is 2.04 bits per heavy atom. The van der Waals surface area contributed by atoms with Crippen LogP contribution in [0.2, 0.25) is 5.02 Å². The second kappa shape index (κ2) is 7.67. The Labute approximate surface area is 170 Å². The molecule has 2 aromatic carbocycles. The highest BCUT2D eigenvalue weighted by Gasteiger charge is 2.18. The average molecular weight is 414 g/mol. The van der Waals surface area contributed by atoms with Gasteiger partial charge in [0.15, 0.2) is 0 Å². The van der Waals surface area contributed by atoms with Gasteiger partial charge in [0.05, 0.1) is 17.7 Å². The lowest BCUT2D eigenvalue weighted by atomic mass is 10.1. The number of aliphatic hydroxyl groups is 1. The summed E-state index contributed by atoms with van der Waals surface area (Å²) in [5.74, 6) is 1.31. The van der Waals surface area contributed by atoms with Gasteiger partial charge in [-0.25, -0.2) is 0 Å². The number of amides is 1. The number of thiophene rings is 1. The summed E-state index contributed by atoms with van der Waals surface area (Å²) in [5.41, 5.74) is 1.30. The van der Waals surface area contributed by atoms with Crippen molar-refractivity contribution in [2.24, 2.45) is 0 Å². The molecule has 0 bridgehead atoms. The van der Waals surface area contributed by atoms with Crippen LogP contribution in [0.5, 0.6) is 5.75 Å². The molecule has 2 N–H and O–H groups in total. The van der Waals surface area contributed by atoms with E-state index in [0.29, 0.717) is 32.9 Å². The largest absolute Gasteiger partial charge is 0.496 e. The first-order chi connectivity index (χ1) is 13.6. The summed E-state index contributed by atoms with van der Waals surface area (Å²) in [6, 6.07) is 16.4. The molecule has 0 aliphatic heterocycles. The van der Waals surface area contributed by atoms with Gasteiger partial charge in [0.25, 0.3) is 5.91 Å². The number of benzene rings is 2. The normalized spacial score (nSPS) is 11.0. The molecule has 28 heavy (non-hydrogen) atoms. The Balaban J connectivity index is 1.62. The van der Waals surface area contributed by atoms with Crippen molar-refractivity contribution in [3.63, 3.8) is 0 Å². The lowest BCUT2D eigenvalue weighted by Crippen LogP contribution is -2.10. The van der Waals surface area contributed by atoms with Crippen molar-refractivity contribution in [3.8, 4) is 17.1 Å². The minimum Gasteiger partial charge on any atom is -0.496 e. The molecule has 0 atom stereocenters. The fourth-order valence-corrected chi connectivity index (χ4v) is 4.34. The molecule has 0 aliphatic rings. The summed E-state index contributed by atoms with van der Waals surface area (Å²) in [6.45, 7) is -0.174. The van der Waals surface area contributed by atoms with E-state index in [1.807, 2.05) is 24.3 Å². The zero-order valence-corrected chi connectivity index (χ0v) is 16.4. The van der Waals surface area contributed by atoms with Gasteiger partial charge in [0.1, 0.15) is 28.8 Å². The number of methoxy groups -OCH3 is 1. The molecular formula is C21H16ClNO4S. The summed E-state index contributed by atoms with van der Waals surface area (Å²) in [4.78, 5) is 13.2. The number of nitrogens with one attached hydrogen (secondary N) is 1. The molecular weight excluding hydrogens is 398 g/mol. The summed E-state index contributed by atoms with van der Waals surface area (Å²) < 4.78 is 12.0. The maximum absolute atomic E-state index is 12.7. The molecule has 4 aromatic rings. The number of hydrogen-bond donors (Lipinski definition) is 2. The molecule has 7 heteroatoms. The maximum atomic E-state index is 12.7. The molecule has 0 spiro atoms. The van der Waals surface area contributed by atoms with Crippen LogP contribution in [0.15, 0.2) is 59.0 Å². The van der Waals surface area contributed by atoms with E-state index in [1.54, 1.807) is 37.4 Å². The van der Waals surface area contributed by atoms with Crippen molar-refractivity contribution in [2.75, 3.05) is 12.4 Å². The molecule has 4 rings (SSSR count). The summed E-state index contributed by atoms with van der Waals surface area (Å²) in [7, 11) is 1.54. The molecule has 0 fully saturated rings. The molecule has 0 saturated heterocycles. The summed E-state index contributed by atoms with van der Waals surface area (Å²) >= 11 is 7.74. The molecule has 0 aliphatic carbocycles. The van der Waals surface area contributed by atoms with Crippen molar-refractivity contribution in [1.82, 2.24) is 0 Å². The van der Waals surface area contributed by atoms with E-state index in [2.05, 4.69) is 5.32 Å². The first-order valence-electron chi connectivity index (χ1n) is 8.47. The van der Waals surface area contributed by atoms with Crippen LogP contribution in [0.25, 0.3) is 21.4 Å². The van der Waals surface area contributed by atoms with E-state index >= 15 is 0 Å². The fourth-order valence-electron chi connectivity index (χ4n) is 2.93. The van der Waals surface area contributed by atoms with Gasteiger partial charge in [-0.1, -0.05) is 29.8 Å². The third-order valence-electron chi connectivity index (χ3n) is 4.28. The molecule has 142 valence electrons. The SMILES string of the molecule is COc1cc(NC(=O)c2sc3ccccc3c2Cl)ccc1-c1ccc(CO)o1. The minimum atomic E-state index is -0.276. The van der Waals surface area contributed by atoms with E-state index in [4.69, 9.17) is 25.9 Å². The zero-order valence-electron chi connectivity index (χ0n) is 14.9. The Bertz CT molecular complexity index is 1160. The van der Waals surface area contributed by atoms with Crippen LogP contribution in [0.4, 0.5) is 5.69 Å². The third-order valence-corrected chi connectivity index (χ3v) is 5.96. The second-order valence-electron chi connectivity index (χ2n) is 6.03. The van der Waals surface area contributed by atoms with Crippen LogP contribution >= 0.6 is 22.9 Å². The van der Waals surface area contributed by atoms with Gasteiger partial charge in [0, 0.05) is 21.8 Å². The molecule has 2 aromatic heterocycles. The van der Waals surface area contributed by atoms with E-state index in [9.17, 15) is 4.79 Å². The molecule has 1 amide bonds. The van der Waals surface area contributed by atoms with Crippen LogP contribution in [0.3, 0.4) is 0 Å². The second-order valence-corrected chi connectivity index (χ2v) is 7.46. The standard InChI is InChI=1S/C21H16ClNO4S/c1-26-17-10-12(6-8-14(17)16-9-7-13(11-24)27-16)23-21(25)20-19(22)15-4-2-3-5-18(15)28-20/h2-10,24H,11H2,1H3,(H,23,25). The summed E-state index contributed by atoms with van der Waals surface area (Å²) in [6.07, 6.45) is 0. The lowest BCUT2D eigenvalue weighted by Gasteiger charge is -2.10. The van der Waals surface area contributed by atoms with Crippen molar-refractivity contribution in [3.05, 3.63) is 70.3 Å². The highest BCUT2D eigenvalue weighted by molar-refractivity contribution is 7.21. The predicted octanol–water partition coefficient (Wildman–Crippen LogP) is 5.57. The van der Waals surface area contributed by atoms with Crippen molar-refractivity contribution >= 4 is 44.6 Å². The quantitative estimate of drug-likeness (QED) is 0.448. The number of rotatable bonds is 5. The van der Waals surface area contributed by atoms with Gasteiger partial charge >= 0.3 is 0 Å². The topological polar surface area (TPSA) is 71.7 Å². The third kappa shape index (κ3) is 3.38. The number of carbonyl (C=O) groups is 1. The number of furan rings is 1. The Hall–Kier alpha value is -2.80. The van der Waals surface area contributed by atoms with Gasteiger partial charge in [-0.3, -0.25) is 4.79 Å². The van der Waals surface area contributed by atoms with Gasteiger partial charge in [-0.15, -0.1) is 11.3 Å². The van der Waals surface area contributed by atoms with Crippen LogP contribution in [-0.4, -0.2) is 18.1 Å². The first-order valence-corrected chi connectivity index (χ1v) is 9.66. The smallest absolute Gasteiger partial charge is 0.267 e. The Morgan fingerprint density at radius 1 is 1.21 bits per heavy atom. The molecule has 0 unspecified atom stereocenters. The predicted molar refractivity (Wildman–Crippen MR) is 111 cm³/mol. The number of halogens is 1. The molecule has 0 saturated carbocycles. The highest BCUT2D eigenvalue weighted by Crippen LogP contribution is 2.37. The number of fused-ring (bicyclic) bond motifs is 1. The minimum absolute atomic E-state index is 0.174. The number of aliphatic hydroxyl groups excluding tert-OH is 1. The first kappa shape index (κ1) is 18.6. The van der Waals surface area contributed by atoms with E-state index < -0.39 is 0 Å². The maximum Gasteiger partial charge on any atom is 0.267 e. The number of anilines is 1. The van der Waals surface area contributed by atoms with Crippen LogP contribution < -0.4 is 10.1 Å². The van der Waals surface area contributed by atoms with Crippen LogP contribution in [0.1, 0.15) is 15.4 Å². The number of ether oxygens (including phenoxy) is 1. The van der Waals surface area contributed by atoms with Crippen LogP contribution in [-0.2, 0) is 6.61 Å². The fraction of sp³-hybridized carbons (Fsp3) is 0.0952. The Kier molecular flexibility index (Phi) is 5.09. The lowest BCUT2D eigenvalue weighted by molar-refractivity contribution is 0.103. The Morgan fingerprint density at radius 3 is 2.75 bits per heavy atom. The zero-order chi connectivity index (χ0) is 19.7. The number of carbonyl (C=O) groups excluding carboxylic acids is 1. The van der Waals surface area contributed by atoms with Gasteiger partial charge in [0.2, 0.25) is 0 Å². The van der Waals surface area contributed by atoms with Gasteiger partial charge < -0.3 is 19.6 Å². The van der Waals surface area contributed by atoms with Crippen LogP contribution in [0, 0.1) is 0 Å². The van der Waals surface area contributed by atoms with E-state index in [0.717, 1.165) is 15.6 Å². The van der Waals surface area contributed by atoms with Crippen molar-refractivity contribution in [1.29, 1.82) is 0 Å². The van der Waals surface area contributed by atoms with Gasteiger partial charge in [-0.05, 0) is 30.3 Å². The van der Waals surface area contributed by atoms with Gasteiger partial charge in [-0.2, -0.15) is 0 Å². The van der Waals surface area contributed by atoms with Crippen molar-refractivity contribution < 1.29 is 19.1 Å². The number of hydrogen-bond acceptors (Lipinski definition) is 5. The van der Waals surface area contributed by atoms with E-state index in [1.165, 1.54) is 11.3 Å². The highest BCUT2D eigenvalue weighted by atomic mass is 35.5. The molecule has 2 heterocycles. The monoisotopic (exact) mass is 413 g/mol. The molecule has 0 radical (unpaired) electrons. The van der Waals surface area contributed by atoms with E-state index in [-0.39, 0.29) is 12.5 Å². The average Bonchev–Trinajstić information content (AvgIpc) is 3.33. The molecule has 5 nitrogen and oxygen atoms in total.